The van der Waals surface area contributed by atoms with Gasteiger partial charge in [-0.3, -0.25) is 0 Å². The summed E-state index contributed by atoms with van der Waals surface area (Å²) in [5.74, 6) is 3.06. The Morgan fingerprint density at radius 2 is 1.95 bits per heavy atom. The molecule has 37 heavy (non-hydrogen) atoms. The Kier molecular flexibility index (Phi) is 5.10. The Morgan fingerprint density at radius 1 is 1.08 bits per heavy atom. The largest absolute Gasteiger partial charge is 0.489 e. The highest BCUT2D eigenvalue weighted by Gasteiger charge is 2.55. The second-order valence-electron chi connectivity index (χ2n) is 12.2. The molecule has 1 heterocycles. The van der Waals surface area contributed by atoms with Crippen molar-refractivity contribution in [2.45, 2.75) is 63.9 Å². The van der Waals surface area contributed by atoms with E-state index in [1.165, 1.54) is 44.5 Å². The molecule has 0 bridgehead atoms. The predicted molar refractivity (Wildman–Crippen MR) is 147 cm³/mol. The molecule has 4 unspecified atom stereocenters. The lowest BCUT2D eigenvalue weighted by Gasteiger charge is -2.20. The zero-order valence-corrected chi connectivity index (χ0v) is 22.3. The summed E-state index contributed by atoms with van der Waals surface area (Å²) in [6, 6.07) is 18.2. The predicted octanol–water partition coefficient (Wildman–Crippen LogP) is 6.41. The van der Waals surface area contributed by atoms with Gasteiger partial charge in [0.05, 0.1) is 17.4 Å². The summed E-state index contributed by atoms with van der Waals surface area (Å²) < 4.78 is 8.67. The minimum atomic E-state index is 0.128. The summed E-state index contributed by atoms with van der Waals surface area (Å²) in [5, 5.41) is 9.64. The van der Waals surface area contributed by atoms with E-state index in [-0.39, 0.29) is 5.41 Å². The maximum atomic E-state index is 9.64. The van der Waals surface area contributed by atoms with Crippen LogP contribution >= 0.6 is 0 Å². The molecule has 190 valence electrons. The molecular weight excluding hydrogens is 456 g/mol. The van der Waals surface area contributed by atoms with Crippen molar-refractivity contribution >= 4 is 11.0 Å². The van der Waals surface area contributed by atoms with Gasteiger partial charge in [0.15, 0.2) is 0 Å². The SMILES string of the molecule is CCc1cc2c(cc1OCc1ccc3c(c1)C(c1cccc4ncn(C)c14)CC3(C)C)CC1C(CO)C21. The van der Waals surface area contributed by atoms with Crippen LogP contribution < -0.4 is 4.74 Å². The Labute approximate surface area is 219 Å². The number of imidazole rings is 1. The van der Waals surface area contributed by atoms with Crippen LogP contribution in [0.1, 0.15) is 78.0 Å². The molecule has 1 aromatic heterocycles. The normalized spacial score (nSPS) is 24.7. The first-order valence-electron chi connectivity index (χ1n) is 13.8. The Bertz CT molecular complexity index is 1530. The Hall–Kier alpha value is -3.11. The van der Waals surface area contributed by atoms with Crippen LogP contribution in [0.4, 0.5) is 0 Å². The smallest absolute Gasteiger partial charge is 0.123 e. The van der Waals surface area contributed by atoms with Gasteiger partial charge in [0, 0.05) is 19.6 Å². The van der Waals surface area contributed by atoms with Gasteiger partial charge in [-0.2, -0.15) is 0 Å². The molecular formula is C33H36N2O2. The van der Waals surface area contributed by atoms with E-state index in [0.717, 1.165) is 30.5 Å². The number of para-hydroxylation sites is 1. The summed E-state index contributed by atoms with van der Waals surface area (Å²) in [4.78, 5) is 4.61. The number of hydrogen-bond acceptors (Lipinski definition) is 3. The van der Waals surface area contributed by atoms with E-state index >= 15 is 0 Å². The second-order valence-corrected chi connectivity index (χ2v) is 12.2. The van der Waals surface area contributed by atoms with Crippen molar-refractivity contribution in [1.82, 2.24) is 9.55 Å². The number of aliphatic hydroxyl groups is 1. The van der Waals surface area contributed by atoms with E-state index in [1.807, 2.05) is 6.33 Å². The molecule has 0 aliphatic heterocycles. The number of aromatic nitrogens is 2. The number of aryl methyl sites for hydroxylation is 2. The molecule has 4 heteroatoms. The Morgan fingerprint density at radius 3 is 2.76 bits per heavy atom. The van der Waals surface area contributed by atoms with Crippen molar-refractivity contribution in [2.75, 3.05) is 6.61 Å². The molecule has 0 saturated heterocycles. The highest BCUT2D eigenvalue weighted by molar-refractivity contribution is 5.80. The van der Waals surface area contributed by atoms with Crippen molar-refractivity contribution in [1.29, 1.82) is 0 Å². The highest BCUT2D eigenvalue weighted by Crippen LogP contribution is 2.61. The maximum Gasteiger partial charge on any atom is 0.123 e. The van der Waals surface area contributed by atoms with E-state index in [2.05, 4.69) is 85.9 Å². The topological polar surface area (TPSA) is 47.3 Å². The highest BCUT2D eigenvalue weighted by atomic mass is 16.5. The van der Waals surface area contributed by atoms with Gasteiger partial charge >= 0.3 is 0 Å². The molecule has 0 amide bonds. The molecule has 7 rings (SSSR count). The quantitative estimate of drug-likeness (QED) is 0.339. The van der Waals surface area contributed by atoms with E-state index in [1.54, 1.807) is 0 Å². The molecule has 1 fully saturated rings. The molecule has 3 aliphatic carbocycles. The van der Waals surface area contributed by atoms with Gasteiger partial charge in [-0.1, -0.05) is 57.2 Å². The van der Waals surface area contributed by atoms with Crippen LogP contribution in [-0.4, -0.2) is 21.3 Å². The number of hydrogen-bond donors (Lipinski definition) is 1. The number of benzene rings is 3. The van der Waals surface area contributed by atoms with Crippen LogP contribution in [0.3, 0.4) is 0 Å². The fourth-order valence-corrected chi connectivity index (χ4v) is 7.57. The fraction of sp³-hybridized carbons (Fsp3) is 0.424. The number of ether oxygens (including phenoxy) is 1. The van der Waals surface area contributed by atoms with Crippen LogP contribution in [0.5, 0.6) is 5.75 Å². The minimum absolute atomic E-state index is 0.128. The Balaban J connectivity index is 1.19. The molecule has 4 aromatic rings. The van der Waals surface area contributed by atoms with Crippen molar-refractivity contribution in [3.63, 3.8) is 0 Å². The van der Waals surface area contributed by atoms with Crippen LogP contribution in [0.25, 0.3) is 11.0 Å². The van der Waals surface area contributed by atoms with Crippen molar-refractivity contribution < 1.29 is 9.84 Å². The van der Waals surface area contributed by atoms with E-state index in [9.17, 15) is 5.11 Å². The van der Waals surface area contributed by atoms with Crippen molar-refractivity contribution in [3.05, 3.63) is 93.8 Å². The van der Waals surface area contributed by atoms with Crippen molar-refractivity contribution in [2.24, 2.45) is 18.9 Å². The number of rotatable bonds is 6. The monoisotopic (exact) mass is 492 g/mol. The number of fused-ring (bicyclic) bond motifs is 5. The molecule has 3 aliphatic rings. The number of nitrogens with zero attached hydrogens (tertiary/aromatic N) is 2. The molecule has 4 nitrogen and oxygen atoms in total. The lowest BCUT2D eigenvalue weighted by Crippen LogP contribution is -2.12. The lowest BCUT2D eigenvalue weighted by molar-refractivity contribution is 0.265. The average molecular weight is 493 g/mol. The summed E-state index contributed by atoms with van der Waals surface area (Å²) in [5.41, 5.74) is 12.1. The maximum absolute atomic E-state index is 9.64. The third kappa shape index (κ3) is 3.49. The summed E-state index contributed by atoms with van der Waals surface area (Å²) in [7, 11) is 2.10. The van der Waals surface area contributed by atoms with Crippen LogP contribution in [-0.2, 0) is 31.9 Å². The van der Waals surface area contributed by atoms with Gasteiger partial charge in [0.1, 0.15) is 12.4 Å². The molecule has 1 saturated carbocycles. The first-order chi connectivity index (χ1) is 17.9. The minimum Gasteiger partial charge on any atom is -0.489 e. The standard InChI is InChI=1S/C33H36N2O2/c1-5-20-12-23-21(13-25-27(16-36)31(23)25)14-30(20)37-17-19-9-10-28-24(11-19)26(15-33(28,2)3)22-7-6-8-29-32(22)35(4)18-34-29/h6-12,14,18,25-27,31,36H,5,13,15-17H2,1-4H3. The van der Waals surface area contributed by atoms with Gasteiger partial charge in [-0.25, -0.2) is 4.98 Å². The molecule has 4 atom stereocenters. The molecule has 1 N–H and O–H groups in total. The first-order valence-corrected chi connectivity index (χ1v) is 13.8. The zero-order chi connectivity index (χ0) is 25.5. The van der Waals surface area contributed by atoms with Gasteiger partial charge in [0.25, 0.3) is 0 Å². The van der Waals surface area contributed by atoms with Crippen LogP contribution in [0.15, 0.2) is 54.9 Å². The summed E-state index contributed by atoms with van der Waals surface area (Å²) in [6.45, 7) is 7.84. The van der Waals surface area contributed by atoms with Crippen LogP contribution in [0.2, 0.25) is 0 Å². The van der Waals surface area contributed by atoms with E-state index in [4.69, 9.17) is 4.74 Å². The summed E-state index contributed by atoms with van der Waals surface area (Å²) >= 11 is 0. The third-order valence-electron chi connectivity index (χ3n) is 9.53. The van der Waals surface area contributed by atoms with Gasteiger partial charge in [-0.05, 0) is 93.5 Å². The third-order valence-corrected chi connectivity index (χ3v) is 9.53. The van der Waals surface area contributed by atoms with Gasteiger partial charge < -0.3 is 14.4 Å². The van der Waals surface area contributed by atoms with Gasteiger partial charge in [-0.15, -0.1) is 0 Å². The van der Waals surface area contributed by atoms with E-state index in [0.29, 0.717) is 36.9 Å². The molecule has 3 aromatic carbocycles. The van der Waals surface area contributed by atoms with Crippen molar-refractivity contribution in [3.8, 4) is 5.75 Å². The summed E-state index contributed by atoms with van der Waals surface area (Å²) in [6.07, 6.45) is 5.06. The second kappa shape index (κ2) is 8.19. The number of aliphatic hydroxyl groups excluding tert-OH is 1. The van der Waals surface area contributed by atoms with Gasteiger partial charge in [0.2, 0.25) is 0 Å². The lowest BCUT2D eigenvalue weighted by atomic mass is 9.85. The molecule has 0 radical (unpaired) electrons. The zero-order valence-electron chi connectivity index (χ0n) is 22.3. The fourth-order valence-electron chi connectivity index (χ4n) is 7.57. The van der Waals surface area contributed by atoms with Crippen LogP contribution in [0, 0.1) is 11.8 Å². The van der Waals surface area contributed by atoms with E-state index < -0.39 is 0 Å². The molecule has 0 spiro atoms. The average Bonchev–Trinajstić information content (AvgIpc) is 3.12. The first kappa shape index (κ1) is 23.0.